The molecule has 0 aliphatic rings. The van der Waals surface area contributed by atoms with Crippen molar-refractivity contribution < 1.29 is 4.74 Å². The molecule has 0 saturated carbocycles. The highest BCUT2D eigenvalue weighted by Gasteiger charge is 2.17. The molecule has 1 heterocycles. The molecule has 1 aromatic heterocycles. The number of nitrogens with one attached hydrogen (secondary N) is 1. The van der Waals surface area contributed by atoms with Crippen LogP contribution in [-0.4, -0.2) is 33.5 Å². The van der Waals surface area contributed by atoms with Crippen LogP contribution in [0.3, 0.4) is 0 Å². The van der Waals surface area contributed by atoms with E-state index in [-0.39, 0.29) is 5.60 Å². The predicted octanol–water partition coefficient (Wildman–Crippen LogP) is 1.20. The maximum atomic E-state index is 5.60. The van der Waals surface area contributed by atoms with Crippen molar-refractivity contribution in [3.05, 3.63) is 12.2 Å². The van der Waals surface area contributed by atoms with E-state index in [4.69, 9.17) is 4.74 Å². The summed E-state index contributed by atoms with van der Waals surface area (Å²) in [5.74, 6) is 0.967. The first-order valence-electron chi connectivity index (χ1n) is 5.80. The molecule has 0 spiro atoms. The van der Waals surface area contributed by atoms with Gasteiger partial charge in [-0.15, -0.1) is 0 Å². The zero-order valence-corrected chi connectivity index (χ0v) is 10.7. The highest BCUT2D eigenvalue weighted by atomic mass is 16.5. The molecular weight excluding hydrogens is 204 g/mol. The lowest BCUT2D eigenvalue weighted by Crippen LogP contribution is -2.37. The largest absolute Gasteiger partial charge is 0.375 e. The summed E-state index contributed by atoms with van der Waals surface area (Å²) in [4.78, 5) is 4.20. The standard InChI is InChI=1S/C11H22N4O/c1-5-15-10(13-9-14-15)7-12-8-11(3,4)16-6-2/h9,12H,5-8H2,1-4H3. The van der Waals surface area contributed by atoms with Gasteiger partial charge in [0.05, 0.1) is 12.1 Å². The number of hydrogen-bond acceptors (Lipinski definition) is 4. The topological polar surface area (TPSA) is 52.0 Å². The third-order valence-electron chi connectivity index (χ3n) is 2.36. The number of rotatable bonds is 7. The average Bonchev–Trinajstić information content (AvgIpc) is 2.64. The molecular formula is C11H22N4O. The van der Waals surface area contributed by atoms with Crippen molar-refractivity contribution in [3.63, 3.8) is 0 Å². The van der Waals surface area contributed by atoms with E-state index in [1.165, 1.54) is 0 Å². The van der Waals surface area contributed by atoms with Gasteiger partial charge in [0, 0.05) is 19.7 Å². The summed E-state index contributed by atoms with van der Waals surface area (Å²) in [5, 5.41) is 7.46. The summed E-state index contributed by atoms with van der Waals surface area (Å²) in [7, 11) is 0. The van der Waals surface area contributed by atoms with Crippen LogP contribution in [-0.2, 0) is 17.8 Å². The SMILES string of the molecule is CCOC(C)(C)CNCc1ncnn1CC. The number of hydrogen-bond donors (Lipinski definition) is 1. The van der Waals surface area contributed by atoms with E-state index in [9.17, 15) is 0 Å². The molecule has 0 aromatic carbocycles. The Hall–Kier alpha value is -0.940. The molecule has 0 radical (unpaired) electrons. The van der Waals surface area contributed by atoms with Crippen LogP contribution in [0.5, 0.6) is 0 Å². The zero-order valence-electron chi connectivity index (χ0n) is 10.7. The van der Waals surface area contributed by atoms with Crippen LogP contribution >= 0.6 is 0 Å². The molecule has 1 N–H and O–H groups in total. The normalized spacial score (nSPS) is 12.0. The van der Waals surface area contributed by atoms with Crippen molar-refractivity contribution in [2.45, 2.75) is 46.4 Å². The van der Waals surface area contributed by atoms with E-state index in [0.29, 0.717) is 0 Å². The Morgan fingerprint density at radius 1 is 1.44 bits per heavy atom. The first kappa shape index (κ1) is 13.1. The third kappa shape index (κ3) is 3.90. The summed E-state index contributed by atoms with van der Waals surface area (Å²) in [6.07, 6.45) is 1.59. The van der Waals surface area contributed by atoms with Gasteiger partial charge in [0.1, 0.15) is 12.2 Å². The highest BCUT2D eigenvalue weighted by molar-refractivity contribution is 4.84. The van der Waals surface area contributed by atoms with E-state index in [0.717, 1.165) is 32.1 Å². The summed E-state index contributed by atoms with van der Waals surface area (Å²) in [5.41, 5.74) is -0.133. The van der Waals surface area contributed by atoms with Gasteiger partial charge in [-0.2, -0.15) is 5.10 Å². The second-order valence-corrected chi connectivity index (χ2v) is 4.29. The van der Waals surface area contributed by atoms with Gasteiger partial charge in [-0.3, -0.25) is 0 Å². The van der Waals surface area contributed by atoms with E-state index in [1.54, 1.807) is 6.33 Å². The van der Waals surface area contributed by atoms with Crippen LogP contribution in [0.15, 0.2) is 6.33 Å². The Morgan fingerprint density at radius 3 is 2.81 bits per heavy atom. The molecule has 0 atom stereocenters. The summed E-state index contributed by atoms with van der Waals surface area (Å²) >= 11 is 0. The predicted molar refractivity (Wildman–Crippen MR) is 63.1 cm³/mol. The van der Waals surface area contributed by atoms with E-state index in [1.807, 2.05) is 11.6 Å². The van der Waals surface area contributed by atoms with Gasteiger partial charge in [0.25, 0.3) is 0 Å². The Kier molecular flexibility index (Phi) is 4.89. The molecule has 1 rings (SSSR count). The smallest absolute Gasteiger partial charge is 0.140 e. The summed E-state index contributed by atoms with van der Waals surface area (Å²) < 4.78 is 7.49. The molecule has 0 aliphatic heterocycles. The second-order valence-electron chi connectivity index (χ2n) is 4.29. The Morgan fingerprint density at radius 2 is 2.19 bits per heavy atom. The quantitative estimate of drug-likeness (QED) is 0.759. The van der Waals surface area contributed by atoms with Crippen LogP contribution in [0.25, 0.3) is 0 Å². The highest BCUT2D eigenvalue weighted by Crippen LogP contribution is 2.07. The molecule has 0 amide bonds. The fourth-order valence-electron chi connectivity index (χ4n) is 1.61. The minimum Gasteiger partial charge on any atom is -0.375 e. The van der Waals surface area contributed by atoms with Gasteiger partial charge in [-0.25, -0.2) is 9.67 Å². The van der Waals surface area contributed by atoms with Crippen molar-refractivity contribution in [3.8, 4) is 0 Å². The Balaban J connectivity index is 2.35. The van der Waals surface area contributed by atoms with Gasteiger partial charge in [-0.1, -0.05) is 0 Å². The fraction of sp³-hybridized carbons (Fsp3) is 0.818. The third-order valence-corrected chi connectivity index (χ3v) is 2.36. The second kappa shape index (κ2) is 5.96. The number of ether oxygens (including phenoxy) is 1. The molecule has 0 unspecified atom stereocenters. The van der Waals surface area contributed by atoms with E-state index >= 15 is 0 Å². The molecule has 0 aliphatic carbocycles. The van der Waals surface area contributed by atoms with Gasteiger partial charge in [-0.05, 0) is 27.7 Å². The van der Waals surface area contributed by atoms with Crippen LogP contribution < -0.4 is 5.32 Å². The minimum atomic E-state index is -0.133. The van der Waals surface area contributed by atoms with Crippen LogP contribution in [0.4, 0.5) is 0 Å². The first-order chi connectivity index (χ1) is 7.59. The van der Waals surface area contributed by atoms with Crippen molar-refractivity contribution in [2.24, 2.45) is 0 Å². The molecule has 0 bridgehead atoms. The molecule has 1 aromatic rings. The molecule has 0 saturated heterocycles. The lowest BCUT2D eigenvalue weighted by Gasteiger charge is -2.24. The van der Waals surface area contributed by atoms with Gasteiger partial charge < -0.3 is 10.1 Å². The van der Waals surface area contributed by atoms with Gasteiger partial charge >= 0.3 is 0 Å². The summed E-state index contributed by atoms with van der Waals surface area (Å²) in [6.45, 7) is 11.3. The lowest BCUT2D eigenvalue weighted by molar-refractivity contribution is -0.00911. The molecule has 0 fully saturated rings. The van der Waals surface area contributed by atoms with Gasteiger partial charge in [0.2, 0.25) is 0 Å². The van der Waals surface area contributed by atoms with Crippen molar-refractivity contribution in [1.29, 1.82) is 0 Å². The van der Waals surface area contributed by atoms with Crippen molar-refractivity contribution >= 4 is 0 Å². The Labute approximate surface area is 97.2 Å². The fourth-order valence-corrected chi connectivity index (χ4v) is 1.61. The Bertz CT molecular complexity index is 309. The van der Waals surface area contributed by atoms with Gasteiger partial charge in [0.15, 0.2) is 0 Å². The monoisotopic (exact) mass is 226 g/mol. The number of aryl methyl sites for hydroxylation is 1. The minimum absolute atomic E-state index is 0.133. The molecule has 92 valence electrons. The van der Waals surface area contributed by atoms with Crippen molar-refractivity contribution in [2.75, 3.05) is 13.2 Å². The van der Waals surface area contributed by atoms with Crippen LogP contribution in [0.1, 0.15) is 33.5 Å². The maximum Gasteiger partial charge on any atom is 0.140 e. The number of aromatic nitrogens is 3. The molecule has 5 nitrogen and oxygen atoms in total. The van der Waals surface area contributed by atoms with Crippen LogP contribution in [0.2, 0.25) is 0 Å². The average molecular weight is 226 g/mol. The maximum absolute atomic E-state index is 5.60. The summed E-state index contributed by atoms with van der Waals surface area (Å²) in [6, 6.07) is 0. The molecule has 5 heteroatoms. The lowest BCUT2D eigenvalue weighted by atomic mass is 10.1. The first-order valence-corrected chi connectivity index (χ1v) is 5.80. The van der Waals surface area contributed by atoms with Crippen molar-refractivity contribution in [1.82, 2.24) is 20.1 Å². The van der Waals surface area contributed by atoms with E-state index in [2.05, 4.69) is 36.2 Å². The van der Waals surface area contributed by atoms with E-state index < -0.39 is 0 Å². The molecule has 16 heavy (non-hydrogen) atoms. The zero-order chi connectivity index (χ0) is 12.0. The van der Waals surface area contributed by atoms with Crippen LogP contribution in [0, 0.1) is 0 Å². The number of nitrogens with zero attached hydrogens (tertiary/aromatic N) is 3.